The molecule has 0 saturated carbocycles. The van der Waals surface area contributed by atoms with Gasteiger partial charge in [0.15, 0.2) is 5.82 Å². The molecule has 0 aliphatic carbocycles. The molecule has 5 rings (SSSR count). The summed E-state index contributed by atoms with van der Waals surface area (Å²) in [5, 5.41) is 4.38. The first-order valence-electron chi connectivity index (χ1n) is 12.2. The number of carbonyl (C=O) groups excluding carboxylic acids is 1. The molecule has 7 nitrogen and oxygen atoms in total. The van der Waals surface area contributed by atoms with E-state index in [1.807, 2.05) is 17.9 Å². The predicted molar refractivity (Wildman–Crippen MR) is 131 cm³/mol. The van der Waals surface area contributed by atoms with Gasteiger partial charge in [-0.2, -0.15) is 18.3 Å². The summed E-state index contributed by atoms with van der Waals surface area (Å²) in [6, 6.07) is 6.77. The van der Waals surface area contributed by atoms with E-state index in [-0.39, 0.29) is 24.1 Å². The number of anilines is 2. The summed E-state index contributed by atoms with van der Waals surface area (Å²) >= 11 is 0. The van der Waals surface area contributed by atoms with Crippen molar-refractivity contribution in [2.45, 2.75) is 52.0 Å². The van der Waals surface area contributed by atoms with E-state index in [0.717, 1.165) is 17.2 Å². The van der Waals surface area contributed by atoms with Crippen LogP contribution in [-0.2, 0) is 26.3 Å². The molecule has 2 aromatic heterocycles. The number of hydrogen-bond acceptors (Lipinski definition) is 4. The van der Waals surface area contributed by atoms with Gasteiger partial charge < -0.3 is 9.80 Å². The average Bonchev–Trinajstić information content (AvgIpc) is 3.20. The van der Waals surface area contributed by atoms with Crippen molar-refractivity contribution in [1.82, 2.24) is 19.7 Å². The minimum Gasteiger partial charge on any atom is -0.369 e. The first kappa shape index (κ1) is 25.0. The molecule has 4 heterocycles. The summed E-state index contributed by atoms with van der Waals surface area (Å²) in [5.41, 5.74) is 1.53. The zero-order valence-corrected chi connectivity index (χ0v) is 20.9. The van der Waals surface area contributed by atoms with Gasteiger partial charge in [0.2, 0.25) is 0 Å². The molecule has 2 aliphatic heterocycles. The van der Waals surface area contributed by atoms with Crippen molar-refractivity contribution in [2.75, 3.05) is 22.9 Å². The van der Waals surface area contributed by atoms with E-state index in [1.54, 1.807) is 35.8 Å². The van der Waals surface area contributed by atoms with Gasteiger partial charge in [-0.3, -0.25) is 14.6 Å². The van der Waals surface area contributed by atoms with Crippen LogP contribution in [0.25, 0.3) is 0 Å². The lowest BCUT2D eigenvalue weighted by atomic mass is 10.00. The molecular formula is C26H28F4N6O. The average molecular weight is 517 g/mol. The van der Waals surface area contributed by atoms with Crippen molar-refractivity contribution in [1.29, 1.82) is 0 Å². The number of carbonyl (C=O) groups is 1. The highest BCUT2D eigenvalue weighted by Crippen LogP contribution is 2.36. The van der Waals surface area contributed by atoms with Gasteiger partial charge in [0.25, 0.3) is 0 Å². The second-order valence-electron chi connectivity index (χ2n) is 9.72. The first-order valence-corrected chi connectivity index (χ1v) is 12.2. The zero-order valence-electron chi connectivity index (χ0n) is 20.9. The van der Waals surface area contributed by atoms with Crippen LogP contribution in [0.15, 0.2) is 36.5 Å². The minimum absolute atomic E-state index is 0.140. The predicted octanol–water partition coefficient (Wildman–Crippen LogP) is 5.20. The molecule has 37 heavy (non-hydrogen) atoms. The smallest absolute Gasteiger partial charge is 0.369 e. The van der Waals surface area contributed by atoms with E-state index in [2.05, 4.69) is 10.1 Å². The number of fused-ring (bicyclic) bond motifs is 1. The summed E-state index contributed by atoms with van der Waals surface area (Å²) in [5.74, 6) is 0.0735. The summed E-state index contributed by atoms with van der Waals surface area (Å²) < 4.78 is 57.3. The van der Waals surface area contributed by atoms with Crippen molar-refractivity contribution < 1.29 is 22.4 Å². The Kier molecular flexibility index (Phi) is 6.33. The summed E-state index contributed by atoms with van der Waals surface area (Å²) in [6.45, 7) is 4.58. The molecule has 1 aromatic carbocycles. The number of urea groups is 1. The van der Waals surface area contributed by atoms with Crippen LogP contribution < -0.4 is 9.80 Å². The molecule has 2 amide bonds. The quantitative estimate of drug-likeness (QED) is 0.448. The van der Waals surface area contributed by atoms with Gasteiger partial charge in [0, 0.05) is 43.6 Å². The van der Waals surface area contributed by atoms with Crippen LogP contribution in [0, 0.1) is 19.7 Å². The van der Waals surface area contributed by atoms with Crippen molar-refractivity contribution in [2.24, 2.45) is 7.05 Å². The van der Waals surface area contributed by atoms with Gasteiger partial charge in [-0.25, -0.2) is 9.18 Å². The minimum atomic E-state index is -4.60. The Labute approximate surface area is 212 Å². The van der Waals surface area contributed by atoms with Crippen LogP contribution in [0.1, 0.15) is 40.9 Å². The summed E-state index contributed by atoms with van der Waals surface area (Å²) in [4.78, 5) is 22.9. The zero-order chi connectivity index (χ0) is 26.5. The fraction of sp³-hybridized carbons (Fsp3) is 0.423. The molecule has 1 fully saturated rings. The standard InChI is InChI=1S/C26H28F4N6O/c1-16-5-4-6-21(27)23(16)34-11-9-19(10-12-34)35-14-18-13-33(3)32-24(18)36(25(35)37)15-22-20(26(28,29)30)8-7-17(2)31-22/h4-8,13,19H,9-12,14-15H2,1-3H3. The number of amides is 2. The van der Waals surface area contributed by atoms with Crippen molar-refractivity contribution in [3.05, 3.63) is 70.4 Å². The Bertz CT molecular complexity index is 1310. The van der Waals surface area contributed by atoms with Crippen LogP contribution in [0.3, 0.4) is 0 Å². The van der Waals surface area contributed by atoms with Gasteiger partial charge in [-0.15, -0.1) is 0 Å². The molecule has 196 valence electrons. The molecule has 0 radical (unpaired) electrons. The summed E-state index contributed by atoms with van der Waals surface area (Å²) in [6.07, 6.45) is -1.59. The summed E-state index contributed by atoms with van der Waals surface area (Å²) in [7, 11) is 1.71. The van der Waals surface area contributed by atoms with E-state index >= 15 is 0 Å². The Balaban J connectivity index is 1.41. The number of aryl methyl sites for hydroxylation is 3. The Morgan fingerprint density at radius 2 is 1.81 bits per heavy atom. The van der Waals surface area contributed by atoms with E-state index in [4.69, 9.17) is 0 Å². The van der Waals surface area contributed by atoms with E-state index in [9.17, 15) is 22.4 Å². The van der Waals surface area contributed by atoms with Crippen LogP contribution in [0.2, 0.25) is 0 Å². The van der Waals surface area contributed by atoms with Gasteiger partial charge in [0.1, 0.15) is 5.82 Å². The topological polar surface area (TPSA) is 57.5 Å². The maximum Gasteiger partial charge on any atom is 0.418 e. The SMILES string of the molecule is Cc1ccc(C(F)(F)F)c(CN2C(=O)N(C3CCN(c4c(C)cccc4F)CC3)Cc3cn(C)nc32)n1. The number of para-hydroxylation sites is 1. The van der Waals surface area contributed by atoms with E-state index in [1.165, 1.54) is 17.0 Å². The molecular weight excluding hydrogens is 488 g/mol. The van der Waals surface area contributed by atoms with Crippen LogP contribution in [-0.4, -0.2) is 44.8 Å². The number of nitrogens with zero attached hydrogens (tertiary/aromatic N) is 6. The fourth-order valence-corrected chi connectivity index (χ4v) is 5.35. The molecule has 0 unspecified atom stereocenters. The van der Waals surface area contributed by atoms with Gasteiger partial charge in [-0.05, 0) is 50.5 Å². The highest BCUT2D eigenvalue weighted by atomic mass is 19.4. The maximum absolute atomic E-state index is 14.5. The first-order chi connectivity index (χ1) is 17.5. The molecule has 1 saturated heterocycles. The Morgan fingerprint density at radius 3 is 2.49 bits per heavy atom. The van der Waals surface area contributed by atoms with Crippen LogP contribution in [0.5, 0.6) is 0 Å². The van der Waals surface area contributed by atoms with Gasteiger partial charge in [-0.1, -0.05) is 12.1 Å². The third-order valence-electron chi connectivity index (χ3n) is 7.09. The van der Waals surface area contributed by atoms with E-state index < -0.39 is 17.8 Å². The second kappa shape index (κ2) is 9.35. The maximum atomic E-state index is 14.5. The molecule has 3 aromatic rings. The highest BCUT2D eigenvalue weighted by molar-refractivity contribution is 5.93. The largest absolute Gasteiger partial charge is 0.418 e. The number of hydrogen-bond donors (Lipinski definition) is 0. The van der Waals surface area contributed by atoms with Crippen LogP contribution >= 0.6 is 0 Å². The normalized spacial score (nSPS) is 16.9. The monoisotopic (exact) mass is 516 g/mol. The third kappa shape index (κ3) is 4.74. The number of rotatable bonds is 4. The lowest BCUT2D eigenvalue weighted by Crippen LogP contribution is -2.54. The number of piperidine rings is 1. The number of aromatic nitrogens is 3. The lowest BCUT2D eigenvalue weighted by molar-refractivity contribution is -0.138. The number of benzene rings is 1. The highest BCUT2D eigenvalue weighted by Gasteiger charge is 2.40. The van der Waals surface area contributed by atoms with Crippen molar-refractivity contribution in [3.63, 3.8) is 0 Å². The molecule has 0 bridgehead atoms. The molecule has 0 spiro atoms. The Hall–Kier alpha value is -3.63. The molecule has 0 N–H and O–H groups in total. The number of halogens is 4. The Morgan fingerprint density at radius 1 is 1.08 bits per heavy atom. The van der Waals surface area contributed by atoms with E-state index in [0.29, 0.717) is 49.7 Å². The lowest BCUT2D eigenvalue weighted by Gasteiger charge is -2.43. The van der Waals surface area contributed by atoms with Gasteiger partial charge >= 0.3 is 12.2 Å². The fourth-order valence-electron chi connectivity index (χ4n) is 5.35. The van der Waals surface area contributed by atoms with Crippen LogP contribution in [0.4, 0.5) is 33.9 Å². The van der Waals surface area contributed by atoms with Crippen molar-refractivity contribution in [3.8, 4) is 0 Å². The molecule has 2 aliphatic rings. The third-order valence-corrected chi connectivity index (χ3v) is 7.09. The molecule has 0 atom stereocenters. The number of pyridine rings is 1. The molecule has 11 heteroatoms. The van der Waals surface area contributed by atoms with Gasteiger partial charge in [0.05, 0.1) is 30.0 Å². The van der Waals surface area contributed by atoms with Crippen molar-refractivity contribution >= 4 is 17.5 Å². The number of alkyl halides is 3. The second-order valence-corrected chi connectivity index (χ2v) is 9.72.